The van der Waals surface area contributed by atoms with E-state index in [0.29, 0.717) is 22.2 Å². The molecule has 2 rings (SSSR count). The topological polar surface area (TPSA) is 160 Å². The van der Waals surface area contributed by atoms with Crippen LogP contribution in [0.15, 0.2) is 24.4 Å². The number of hydrogen-bond donors (Lipinski definition) is 5. The molecule has 144 valence electrons. The number of rotatable bonds is 9. The van der Waals surface area contributed by atoms with Gasteiger partial charge in [-0.25, -0.2) is 0 Å². The molecule has 1 aromatic heterocycles. The number of likely N-dealkylation sites (N-methyl/N-ethyl adjacent to an activating group) is 1. The fraction of sp³-hybridized carbons (Fsp3) is 0.294. The molecule has 27 heavy (non-hydrogen) atoms. The SMILES string of the molecule is CN(CC(=O)O)C(C(=O)O)c1c[nH]c2cc(NC(=O)CCC(=O)O)ccc12. The van der Waals surface area contributed by atoms with Crippen molar-refractivity contribution in [1.29, 1.82) is 0 Å². The summed E-state index contributed by atoms with van der Waals surface area (Å²) in [6.07, 6.45) is 1.04. The Balaban J connectivity index is 2.25. The minimum absolute atomic E-state index is 0.162. The monoisotopic (exact) mass is 377 g/mol. The van der Waals surface area contributed by atoms with Gasteiger partial charge >= 0.3 is 17.9 Å². The number of carboxylic acids is 3. The fourth-order valence-corrected chi connectivity index (χ4v) is 2.76. The van der Waals surface area contributed by atoms with Gasteiger partial charge in [0.05, 0.1) is 13.0 Å². The lowest BCUT2D eigenvalue weighted by molar-refractivity contribution is -0.145. The first-order valence-electron chi connectivity index (χ1n) is 7.96. The molecule has 2 aromatic rings. The number of carbonyl (C=O) groups is 4. The number of aromatic amines is 1. The van der Waals surface area contributed by atoms with Gasteiger partial charge in [0.2, 0.25) is 5.91 Å². The molecule has 0 aliphatic rings. The minimum atomic E-state index is -1.19. The second-order valence-corrected chi connectivity index (χ2v) is 6.00. The summed E-state index contributed by atoms with van der Waals surface area (Å²) in [5.41, 5.74) is 1.37. The van der Waals surface area contributed by atoms with Crippen LogP contribution in [0, 0.1) is 0 Å². The number of anilines is 1. The van der Waals surface area contributed by atoms with Crippen LogP contribution in [0.25, 0.3) is 10.9 Å². The van der Waals surface area contributed by atoms with Gasteiger partial charge in [0.15, 0.2) is 0 Å². The maximum Gasteiger partial charge on any atom is 0.325 e. The van der Waals surface area contributed by atoms with Crippen molar-refractivity contribution in [3.8, 4) is 0 Å². The molecule has 0 saturated heterocycles. The average molecular weight is 377 g/mol. The first-order valence-corrected chi connectivity index (χ1v) is 7.96. The van der Waals surface area contributed by atoms with Gasteiger partial charge in [-0.1, -0.05) is 6.07 Å². The summed E-state index contributed by atoms with van der Waals surface area (Å²) in [5.74, 6) is -3.85. The number of aromatic nitrogens is 1. The van der Waals surface area contributed by atoms with Crippen LogP contribution in [0.2, 0.25) is 0 Å². The summed E-state index contributed by atoms with van der Waals surface area (Å²) in [5, 5.41) is 30.2. The molecule has 0 radical (unpaired) electrons. The molecule has 0 aliphatic carbocycles. The number of nitrogens with zero attached hydrogens (tertiary/aromatic N) is 1. The highest BCUT2D eigenvalue weighted by Gasteiger charge is 2.28. The number of amides is 1. The lowest BCUT2D eigenvalue weighted by atomic mass is 10.0. The number of carbonyl (C=O) groups excluding carboxylic acids is 1. The van der Waals surface area contributed by atoms with Crippen LogP contribution < -0.4 is 5.32 Å². The Kier molecular flexibility index (Phi) is 6.14. The molecule has 0 bridgehead atoms. The Hall–Kier alpha value is -3.40. The Morgan fingerprint density at radius 2 is 1.81 bits per heavy atom. The third-order valence-electron chi connectivity index (χ3n) is 3.92. The van der Waals surface area contributed by atoms with E-state index in [-0.39, 0.29) is 12.8 Å². The maximum atomic E-state index is 11.7. The quantitative estimate of drug-likeness (QED) is 0.434. The summed E-state index contributed by atoms with van der Waals surface area (Å²) in [6, 6.07) is 3.60. The Morgan fingerprint density at radius 1 is 1.11 bits per heavy atom. The zero-order chi connectivity index (χ0) is 20.1. The highest BCUT2D eigenvalue weighted by atomic mass is 16.4. The van der Waals surface area contributed by atoms with E-state index in [4.69, 9.17) is 10.2 Å². The highest BCUT2D eigenvalue weighted by molar-refractivity contribution is 5.96. The van der Waals surface area contributed by atoms with Crippen LogP contribution in [0.4, 0.5) is 5.69 Å². The predicted octanol–water partition coefficient (Wildman–Crippen LogP) is 1.11. The molecule has 10 heteroatoms. The molecule has 5 N–H and O–H groups in total. The molecular formula is C17H19N3O7. The summed E-state index contributed by atoms with van der Waals surface area (Å²) >= 11 is 0. The van der Waals surface area contributed by atoms with Crippen molar-refractivity contribution in [3.05, 3.63) is 30.0 Å². The molecule has 1 atom stereocenters. The van der Waals surface area contributed by atoms with Crippen molar-refractivity contribution in [3.63, 3.8) is 0 Å². The number of nitrogens with one attached hydrogen (secondary N) is 2. The van der Waals surface area contributed by atoms with Crippen molar-refractivity contribution < 1.29 is 34.5 Å². The van der Waals surface area contributed by atoms with Crippen molar-refractivity contribution in [2.24, 2.45) is 0 Å². The summed E-state index contributed by atoms with van der Waals surface area (Å²) < 4.78 is 0. The lowest BCUT2D eigenvalue weighted by Gasteiger charge is -2.22. The standard InChI is InChI=1S/C17H19N3O7/c1-20(8-15(24)25)16(17(26)27)11-7-18-12-6-9(2-3-10(11)12)19-13(21)4-5-14(22)23/h2-3,6-7,16,18H,4-5,8H2,1H3,(H,19,21)(H,22,23)(H,24,25)(H,26,27). The normalized spacial score (nSPS) is 12.1. The van der Waals surface area contributed by atoms with Crippen LogP contribution in [0.5, 0.6) is 0 Å². The van der Waals surface area contributed by atoms with Gasteiger partial charge in [0, 0.05) is 34.8 Å². The van der Waals surface area contributed by atoms with Crippen LogP contribution in [-0.4, -0.2) is 62.6 Å². The van der Waals surface area contributed by atoms with E-state index in [9.17, 15) is 24.3 Å². The van der Waals surface area contributed by atoms with Gasteiger partial charge in [-0.15, -0.1) is 0 Å². The summed E-state index contributed by atoms with van der Waals surface area (Å²) in [6.45, 7) is -0.443. The van der Waals surface area contributed by atoms with Gasteiger partial charge in [-0.05, 0) is 19.2 Å². The minimum Gasteiger partial charge on any atom is -0.481 e. The number of carboxylic acid groups (broad SMARTS) is 3. The van der Waals surface area contributed by atoms with Crippen LogP contribution in [-0.2, 0) is 19.2 Å². The molecule has 0 fully saturated rings. The average Bonchev–Trinajstić information content (AvgIpc) is 2.95. The van der Waals surface area contributed by atoms with E-state index in [1.807, 2.05) is 0 Å². The molecule has 10 nitrogen and oxygen atoms in total. The molecular weight excluding hydrogens is 358 g/mol. The van der Waals surface area contributed by atoms with Gasteiger partial charge in [-0.2, -0.15) is 0 Å². The van der Waals surface area contributed by atoms with Crippen LogP contribution >= 0.6 is 0 Å². The molecule has 0 aliphatic heterocycles. The number of fused-ring (bicyclic) bond motifs is 1. The van der Waals surface area contributed by atoms with Crippen molar-refractivity contribution in [1.82, 2.24) is 9.88 Å². The van der Waals surface area contributed by atoms with Gasteiger partial charge in [0.1, 0.15) is 6.04 Å². The van der Waals surface area contributed by atoms with Crippen LogP contribution in [0.1, 0.15) is 24.4 Å². The van der Waals surface area contributed by atoms with Gasteiger partial charge < -0.3 is 25.6 Å². The van der Waals surface area contributed by atoms with E-state index < -0.39 is 36.4 Å². The third-order valence-corrected chi connectivity index (χ3v) is 3.92. The maximum absolute atomic E-state index is 11.7. The fourth-order valence-electron chi connectivity index (χ4n) is 2.76. The van der Waals surface area contributed by atoms with Crippen molar-refractivity contribution >= 4 is 40.4 Å². The first kappa shape index (κ1) is 19.9. The van der Waals surface area contributed by atoms with Gasteiger partial charge in [-0.3, -0.25) is 24.1 Å². The molecule has 1 heterocycles. The van der Waals surface area contributed by atoms with Crippen LogP contribution in [0.3, 0.4) is 0 Å². The summed E-state index contributed by atoms with van der Waals surface area (Å²) in [7, 11) is 1.41. The Labute approximate surface area is 153 Å². The smallest absolute Gasteiger partial charge is 0.325 e. The van der Waals surface area contributed by atoms with E-state index >= 15 is 0 Å². The van der Waals surface area contributed by atoms with E-state index in [1.54, 1.807) is 18.2 Å². The Bertz CT molecular complexity index is 890. The third kappa shape index (κ3) is 5.05. The lowest BCUT2D eigenvalue weighted by Crippen LogP contribution is -2.34. The number of hydrogen-bond acceptors (Lipinski definition) is 5. The van der Waals surface area contributed by atoms with E-state index in [1.165, 1.54) is 18.1 Å². The number of benzene rings is 1. The highest BCUT2D eigenvalue weighted by Crippen LogP contribution is 2.29. The van der Waals surface area contributed by atoms with Gasteiger partial charge in [0.25, 0.3) is 0 Å². The zero-order valence-electron chi connectivity index (χ0n) is 14.4. The molecule has 1 amide bonds. The van der Waals surface area contributed by atoms with Crippen molar-refractivity contribution in [2.75, 3.05) is 18.9 Å². The molecule has 0 spiro atoms. The Morgan fingerprint density at radius 3 is 2.41 bits per heavy atom. The van der Waals surface area contributed by atoms with E-state index in [0.717, 1.165) is 0 Å². The summed E-state index contributed by atoms with van der Waals surface area (Å²) in [4.78, 5) is 48.9. The molecule has 1 unspecified atom stereocenters. The second-order valence-electron chi connectivity index (χ2n) is 6.00. The molecule has 0 saturated carbocycles. The second kappa shape index (κ2) is 8.32. The number of aliphatic carboxylic acids is 3. The zero-order valence-corrected chi connectivity index (χ0v) is 14.4. The van der Waals surface area contributed by atoms with Crippen molar-refractivity contribution in [2.45, 2.75) is 18.9 Å². The number of H-pyrrole nitrogens is 1. The largest absolute Gasteiger partial charge is 0.481 e. The molecule has 1 aromatic carbocycles. The van der Waals surface area contributed by atoms with E-state index in [2.05, 4.69) is 10.3 Å². The first-order chi connectivity index (χ1) is 12.7. The predicted molar refractivity (Wildman–Crippen MR) is 94.4 cm³/mol.